The molecule has 0 heterocycles. The highest BCUT2D eigenvalue weighted by Gasteiger charge is 2.38. The Hall–Kier alpha value is -1.43. The van der Waals surface area contributed by atoms with E-state index in [0.29, 0.717) is 5.92 Å². The fourth-order valence-electron chi connectivity index (χ4n) is 3.94. The molecule has 0 nitrogen and oxygen atoms in total. The van der Waals surface area contributed by atoms with E-state index in [1.807, 2.05) is 0 Å². The molecule has 2 atom stereocenters. The first-order valence-electron chi connectivity index (χ1n) is 9.71. The minimum Gasteiger partial charge on any atom is -0.121 e. The first-order valence-corrected chi connectivity index (χ1v) is 10.3. The van der Waals surface area contributed by atoms with Crippen molar-refractivity contribution >= 4 is 26.2 Å². The van der Waals surface area contributed by atoms with Gasteiger partial charge in [-0.1, -0.05) is 117 Å². The van der Waals surface area contributed by atoms with Crippen molar-refractivity contribution in [1.29, 1.82) is 0 Å². The summed E-state index contributed by atoms with van der Waals surface area (Å²) in [5.41, 5.74) is 4.15. The Kier molecular flexibility index (Phi) is 8.74. The lowest BCUT2D eigenvalue weighted by molar-refractivity contribution is 0.490. The number of benzene rings is 3. The Balaban J connectivity index is 0.00000261. The van der Waals surface area contributed by atoms with Gasteiger partial charge in [0.2, 0.25) is 0 Å². The second-order valence-corrected chi connectivity index (χ2v) is 7.97. The molecule has 0 N–H and O–H groups in total. The minimum absolute atomic E-state index is 0. The van der Waals surface area contributed by atoms with E-state index in [0.717, 1.165) is 0 Å². The van der Waals surface area contributed by atoms with Gasteiger partial charge in [0, 0.05) is 11.1 Å². The predicted molar refractivity (Wildman–Crippen MR) is 127 cm³/mol. The van der Waals surface area contributed by atoms with Gasteiger partial charge < -0.3 is 0 Å². The lowest BCUT2D eigenvalue weighted by Crippen LogP contribution is -2.29. The maximum absolute atomic E-state index is 3.24. The van der Waals surface area contributed by atoms with E-state index in [-0.39, 0.29) is 22.1 Å². The molecule has 0 fully saturated rings. The fraction of sp³-hybridized carbons (Fsp3) is 0.280. The number of unbranched alkanes of at least 4 members (excludes halogenated alkanes) is 2. The molecule has 0 aliphatic rings. The van der Waals surface area contributed by atoms with E-state index in [2.05, 4.69) is 107 Å². The van der Waals surface area contributed by atoms with Gasteiger partial charge in [0.1, 0.15) is 0 Å². The summed E-state index contributed by atoms with van der Waals surface area (Å²) in [5, 5.41) is -0.127. The first kappa shape index (κ1) is 21.9. The van der Waals surface area contributed by atoms with Gasteiger partial charge in [-0.05, 0) is 23.1 Å². The van der Waals surface area contributed by atoms with Gasteiger partial charge in [-0.15, -0.1) is 26.2 Å². The second kappa shape index (κ2) is 10.8. The summed E-state index contributed by atoms with van der Waals surface area (Å²) in [6.07, 6.45) is 4.98. The lowest BCUT2D eigenvalue weighted by atomic mass is 9.74. The molecule has 2 unspecified atom stereocenters. The van der Waals surface area contributed by atoms with Gasteiger partial charge >= 0.3 is 0 Å². The lowest BCUT2D eigenvalue weighted by Gasteiger charge is -2.39. The molecular formula is C25H30BrP. The van der Waals surface area contributed by atoms with Crippen molar-refractivity contribution < 1.29 is 0 Å². The first-order chi connectivity index (χ1) is 12.8. The largest absolute Gasteiger partial charge is 0.121 e. The Morgan fingerprint density at radius 2 is 1.15 bits per heavy atom. The van der Waals surface area contributed by atoms with Crippen LogP contribution < -0.4 is 0 Å². The van der Waals surface area contributed by atoms with Crippen LogP contribution in [0.2, 0.25) is 0 Å². The van der Waals surface area contributed by atoms with Crippen molar-refractivity contribution in [2.75, 3.05) is 0 Å². The van der Waals surface area contributed by atoms with Gasteiger partial charge in [-0.3, -0.25) is 0 Å². The van der Waals surface area contributed by atoms with Crippen LogP contribution in [0, 0.1) is 0 Å². The molecule has 0 radical (unpaired) electrons. The Labute approximate surface area is 177 Å². The quantitative estimate of drug-likeness (QED) is 0.248. The normalized spacial score (nSPS) is 12.2. The van der Waals surface area contributed by atoms with E-state index in [4.69, 9.17) is 0 Å². The molecule has 0 spiro atoms. The summed E-state index contributed by atoms with van der Waals surface area (Å²) < 4.78 is 0. The number of halogens is 1. The van der Waals surface area contributed by atoms with Crippen molar-refractivity contribution in [3.8, 4) is 0 Å². The Bertz CT molecular complexity index is 732. The van der Waals surface area contributed by atoms with Crippen LogP contribution in [0.3, 0.4) is 0 Å². The molecule has 0 bridgehead atoms. The summed E-state index contributed by atoms with van der Waals surface area (Å²) in [7, 11) is 3.24. The van der Waals surface area contributed by atoms with E-state index in [1.54, 1.807) is 0 Å². The van der Waals surface area contributed by atoms with Gasteiger partial charge in [0.15, 0.2) is 0 Å². The highest BCUT2D eigenvalue weighted by molar-refractivity contribution is 8.93. The Morgan fingerprint density at radius 1 is 0.704 bits per heavy atom. The van der Waals surface area contributed by atoms with Crippen LogP contribution in [-0.4, -0.2) is 0 Å². The average molecular weight is 441 g/mol. The van der Waals surface area contributed by atoms with Crippen molar-refractivity contribution in [1.82, 2.24) is 0 Å². The summed E-state index contributed by atoms with van der Waals surface area (Å²) >= 11 is 0. The van der Waals surface area contributed by atoms with E-state index in [1.165, 1.54) is 42.4 Å². The fourth-order valence-corrected chi connectivity index (χ4v) is 4.68. The van der Waals surface area contributed by atoms with E-state index < -0.39 is 0 Å². The smallest absolute Gasteiger partial charge is 0.0412 e. The van der Waals surface area contributed by atoms with Crippen molar-refractivity contribution in [3.63, 3.8) is 0 Å². The van der Waals surface area contributed by atoms with Crippen LogP contribution in [0.25, 0.3) is 0 Å². The van der Waals surface area contributed by atoms with E-state index in [9.17, 15) is 0 Å². The molecule has 3 aromatic carbocycles. The van der Waals surface area contributed by atoms with Gasteiger partial charge in [-0.2, -0.15) is 0 Å². The zero-order valence-electron chi connectivity index (χ0n) is 16.1. The third kappa shape index (κ3) is 5.09. The molecule has 0 saturated heterocycles. The van der Waals surface area contributed by atoms with Crippen LogP contribution in [-0.2, 0) is 5.16 Å². The van der Waals surface area contributed by atoms with Crippen LogP contribution >= 0.6 is 26.2 Å². The summed E-state index contributed by atoms with van der Waals surface area (Å²) in [6, 6.07) is 33.0. The van der Waals surface area contributed by atoms with Gasteiger partial charge in [-0.25, -0.2) is 0 Å². The summed E-state index contributed by atoms with van der Waals surface area (Å²) in [4.78, 5) is 0. The molecule has 0 aromatic heterocycles. The summed E-state index contributed by atoms with van der Waals surface area (Å²) in [5.74, 6) is 0.421. The maximum atomic E-state index is 3.24. The molecule has 0 amide bonds. The number of hydrogen-bond donors (Lipinski definition) is 0. The topological polar surface area (TPSA) is 0 Å². The molecular weight excluding hydrogens is 411 g/mol. The highest BCUT2D eigenvalue weighted by atomic mass is 79.9. The molecule has 3 rings (SSSR count). The number of hydrogen-bond acceptors (Lipinski definition) is 0. The van der Waals surface area contributed by atoms with Crippen molar-refractivity contribution in [3.05, 3.63) is 108 Å². The molecule has 3 aromatic rings. The molecule has 2 heteroatoms. The van der Waals surface area contributed by atoms with Gasteiger partial charge in [0.05, 0.1) is 0 Å². The van der Waals surface area contributed by atoms with Crippen LogP contribution in [0.1, 0.15) is 55.2 Å². The minimum atomic E-state index is -0.127. The Morgan fingerprint density at radius 3 is 1.59 bits per heavy atom. The van der Waals surface area contributed by atoms with Crippen molar-refractivity contribution in [2.24, 2.45) is 0 Å². The average Bonchev–Trinajstić information content (AvgIpc) is 2.73. The molecule has 142 valence electrons. The summed E-state index contributed by atoms with van der Waals surface area (Å²) in [6.45, 7) is 2.28. The molecule has 0 saturated carbocycles. The van der Waals surface area contributed by atoms with E-state index >= 15 is 0 Å². The van der Waals surface area contributed by atoms with Crippen LogP contribution in [0.5, 0.6) is 0 Å². The standard InChI is InChI=1S/C25H29P.BrH/c1-2-3-7-20-24(21-14-8-4-9-15-21)25(26,22-16-10-5-11-17-22)23-18-12-6-13-19-23;/h4-6,8-19,24H,2-3,7,20,26H2,1H3;1H. The van der Waals surface area contributed by atoms with Crippen LogP contribution in [0.15, 0.2) is 91.0 Å². The third-order valence-corrected chi connectivity index (χ3v) is 6.42. The second-order valence-electron chi connectivity index (χ2n) is 7.06. The molecule has 27 heavy (non-hydrogen) atoms. The van der Waals surface area contributed by atoms with Crippen molar-refractivity contribution in [2.45, 2.75) is 43.7 Å². The number of rotatable bonds is 8. The van der Waals surface area contributed by atoms with Crippen LogP contribution in [0.4, 0.5) is 0 Å². The SMILES string of the molecule is Br.CCCCCC(c1ccccc1)C(P)(c1ccccc1)c1ccccc1. The van der Waals surface area contributed by atoms with Gasteiger partial charge in [0.25, 0.3) is 0 Å². The third-order valence-electron chi connectivity index (χ3n) is 5.35. The zero-order valence-corrected chi connectivity index (χ0v) is 18.9. The monoisotopic (exact) mass is 440 g/mol. The zero-order chi connectivity index (χ0) is 18.2. The predicted octanol–water partition coefficient (Wildman–Crippen LogP) is 7.75. The molecule has 0 aliphatic carbocycles. The highest BCUT2D eigenvalue weighted by Crippen LogP contribution is 2.51. The maximum Gasteiger partial charge on any atom is 0.0412 e. The molecule has 0 aliphatic heterocycles.